The largest absolute Gasteiger partial charge is 0.313 e. The predicted molar refractivity (Wildman–Crippen MR) is 73.5 cm³/mol. The third-order valence-corrected chi connectivity index (χ3v) is 3.70. The molecule has 2 nitrogen and oxygen atoms in total. The van der Waals surface area contributed by atoms with Crippen molar-refractivity contribution >= 4 is 11.6 Å². The van der Waals surface area contributed by atoms with Crippen LogP contribution in [0, 0.1) is 0 Å². The summed E-state index contributed by atoms with van der Waals surface area (Å²) in [5.41, 5.74) is 1.28. The first kappa shape index (κ1) is 12.9. The van der Waals surface area contributed by atoms with Gasteiger partial charge < -0.3 is 5.32 Å². The molecule has 17 heavy (non-hydrogen) atoms. The molecule has 1 aliphatic rings. The number of halogens is 1. The number of hydrogen-bond donors (Lipinski definition) is 1. The van der Waals surface area contributed by atoms with Crippen LogP contribution in [0.1, 0.15) is 31.4 Å². The second kappa shape index (κ2) is 5.85. The summed E-state index contributed by atoms with van der Waals surface area (Å²) in [6.07, 6.45) is 2.71. The highest BCUT2D eigenvalue weighted by atomic mass is 35.5. The Morgan fingerprint density at radius 1 is 1.47 bits per heavy atom. The molecule has 0 bridgehead atoms. The van der Waals surface area contributed by atoms with Crippen LogP contribution < -0.4 is 5.32 Å². The topological polar surface area (TPSA) is 15.3 Å². The van der Waals surface area contributed by atoms with Crippen molar-refractivity contribution in [1.29, 1.82) is 0 Å². The average molecular weight is 253 g/mol. The van der Waals surface area contributed by atoms with Gasteiger partial charge in [0.15, 0.2) is 0 Å². The van der Waals surface area contributed by atoms with Gasteiger partial charge in [0.2, 0.25) is 0 Å². The molecule has 1 fully saturated rings. The summed E-state index contributed by atoms with van der Waals surface area (Å²) in [4.78, 5) is 2.36. The lowest BCUT2D eigenvalue weighted by Gasteiger charge is -2.25. The van der Waals surface area contributed by atoms with E-state index in [9.17, 15) is 0 Å². The van der Waals surface area contributed by atoms with Crippen LogP contribution in [0.3, 0.4) is 0 Å². The van der Waals surface area contributed by atoms with E-state index in [1.165, 1.54) is 18.4 Å². The first-order chi connectivity index (χ1) is 8.16. The van der Waals surface area contributed by atoms with Crippen LogP contribution in [0.5, 0.6) is 0 Å². The van der Waals surface area contributed by atoms with E-state index in [1.54, 1.807) is 0 Å². The minimum absolute atomic E-state index is 0.412. The molecule has 3 heteroatoms. The normalized spacial score (nSPS) is 17.4. The zero-order chi connectivity index (χ0) is 12.3. The van der Waals surface area contributed by atoms with Crippen LogP contribution in [0.2, 0.25) is 5.02 Å². The fraction of sp³-hybridized carbons (Fsp3) is 0.571. The van der Waals surface area contributed by atoms with E-state index in [-0.39, 0.29) is 0 Å². The number of benzene rings is 1. The van der Waals surface area contributed by atoms with Crippen molar-refractivity contribution < 1.29 is 0 Å². The molecule has 0 spiro atoms. The molecule has 0 aromatic heterocycles. The molecule has 1 aliphatic carbocycles. The molecule has 0 radical (unpaired) electrons. The van der Waals surface area contributed by atoms with Gasteiger partial charge in [0.25, 0.3) is 0 Å². The zero-order valence-corrected chi connectivity index (χ0v) is 11.4. The molecule has 0 heterocycles. The maximum absolute atomic E-state index is 6.02. The van der Waals surface area contributed by atoms with E-state index in [0.29, 0.717) is 6.04 Å². The van der Waals surface area contributed by atoms with Gasteiger partial charge >= 0.3 is 0 Å². The van der Waals surface area contributed by atoms with Gasteiger partial charge in [-0.3, -0.25) is 4.90 Å². The van der Waals surface area contributed by atoms with E-state index in [1.807, 2.05) is 12.1 Å². The number of likely N-dealkylation sites (N-methyl/N-ethyl adjacent to an activating group) is 1. The SMILES string of the molecule is CC(c1cccc(Cl)c1)N(C)CCNC1CC1. The molecular weight excluding hydrogens is 232 g/mol. The van der Waals surface area contributed by atoms with Crippen LogP contribution in [0.15, 0.2) is 24.3 Å². The number of rotatable bonds is 6. The van der Waals surface area contributed by atoms with E-state index in [4.69, 9.17) is 11.6 Å². The summed E-state index contributed by atoms with van der Waals surface area (Å²) in [6, 6.07) is 9.34. The third kappa shape index (κ3) is 3.98. The Morgan fingerprint density at radius 2 is 2.24 bits per heavy atom. The van der Waals surface area contributed by atoms with Gasteiger partial charge in [-0.15, -0.1) is 0 Å². The minimum atomic E-state index is 0.412. The Balaban J connectivity index is 1.82. The van der Waals surface area contributed by atoms with Gasteiger partial charge in [-0.1, -0.05) is 23.7 Å². The Hall–Kier alpha value is -0.570. The van der Waals surface area contributed by atoms with Gasteiger partial charge in [0.1, 0.15) is 0 Å². The molecule has 0 amide bonds. The summed E-state index contributed by atoms with van der Waals surface area (Å²) in [7, 11) is 2.17. The van der Waals surface area contributed by atoms with Gasteiger partial charge in [-0.25, -0.2) is 0 Å². The lowest BCUT2D eigenvalue weighted by Crippen LogP contribution is -2.32. The summed E-state index contributed by atoms with van der Waals surface area (Å²) in [6.45, 7) is 4.37. The van der Waals surface area contributed by atoms with Gasteiger partial charge in [-0.05, 0) is 44.5 Å². The fourth-order valence-electron chi connectivity index (χ4n) is 1.95. The third-order valence-electron chi connectivity index (χ3n) is 3.47. The van der Waals surface area contributed by atoms with Crippen LogP contribution >= 0.6 is 11.6 Å². The van der Waals surface area contributed by atoms with Gasteiger partial charge in [0, 0.05) is 30.2 Å². The first-order valence-corrected chi connectivity index (χ1v) is 6.73. The number of hydrogen-bond acceptors (Lipinski definition) is 2. The molecule has 94 valence electrons. The van der Waals surface area contributed by atoms with Crippen molar-refractivity contribution in [2.45, 2.75) is 31.8 Å². The highest BCUT2D eigenvalue weighted by Gasteiger charge is 2.20. The highest BCUT2D eigenvalue weighted by molar-refractivity contribution is 6.30. The molecular formula is C14H21ClN2. The van der Waals surface area contributed by atoms with Gasteiger partial charge in [0.05, 0.1) is 0 Å². The Labute approximate surface area is 109 Å². The molecule has 2 rings (SSSR count). The first-order valence-electron chi connectivity index (χ1n) is 6.36. The zero-order valence-electron chi connectivity index (χ0n) is 10.6. The summed E-state index contributed by atoms with van der Waals surface area (Å²) >= 11 is 6.02. The second-order valence-corrected chi connectivity index (χ2v) is 5.38. The quantitative estimate of drug-likeness (QED) is 0.837. The Morgan fingerprint density at radius 3 is 2.88 bits per heavy atom. The molecule has 1 unspecified atom stereocenters. The summed E-state index contributed by atoms with van der Waals surface area (Å²) in [5, 5.41) is 4.36. The van der Waals surface area contributed by atoms with Crippen LogP contribution in [-0.2, 0) is 0 Å². The lowest BCUT2D eigenvalue weighted by molar-refractivity contribution is 0.261. The van der Waals surface area contributed by atoms with Gasteiger partial charge in [-0.2, -0.15) is 0 Å². The lowest BCUT2D eigenvalue weighted by atomic mass is 10.1. The molecule has 1 aromatic rings. The summed E-state index contributed by atoms with van der Waals surface area (Å²) in [5.74, 6) is 0. The monoisotopic (exact) mass is 252 g/mol. The van der Waals surface area contributed by atoms with E-state index in [0.717, 1.165) is 24.2 Å². The Kier molecular flexibility index (Phi) is 4.43. The van der Waals surface area contributed by atoms with E-state index < -0.39 is 0 Å². The van der Waals surface area contributed by atoms with Crippen molar-refractivity contribution in [1.82, 2.24) is 10.2 Å². The predicted octanol–water partition coefficient (Wildman–Crippen LogP) is 3.08. The van der Waals surface area contributed by atoms with E-state index in [2.05, 4.69) is 36.3 Å². The fourth-order valence-corrected chi connectivity index (χ4v) is 2.15. The van der Waals surface area contributed by atoms with Crippen LogP contribution in [0.25, 0.3) is 0 Å². The van der Waals surface area contributed by atoms with E-state index >= 15 is 0 Å². The molecule has 1 aromatic carbocycles. The van der Waals surface area contributed by atoms with Crippen molar-refractivity contribution in [3.63, 3.8) is 0 Å². The maximum Gasteiger partial charge on any atom is 0.0409 e. The average Bonchev–Trinajstić information content (AvgIpc) is 3.12. The number of nitrogens with one attached hydrogen (secondary N) is 1. The van der Waals surface area contributed by atoms with Crippen molar-refractivity contribution in [3.05, 3.63) is 34.9 Å². The maximum atomic E-state index is 6.02. The van der Waals surface area contributed by atoms with Crippen LogP contribution in [-0.4, -0.2) is 31.1 Å². The second-order valence-electron chi connectivity index (χ2n) is 4.94. The molecule has 1 saturated carbocycles. The summed E-state index contributed by atoms with van der Waals surface area (Å²) < 4.78 is 0. The smallest absolute Gasteiger partial charge is 0.0409 e. The number of nitrogens with zero attached hydrogens (tertiary/aromatic N) is 1. The molecule has 1 atom stereocenters. The van der Waals surface area contributed by atoms with Crippen molar-refractivity contribution in [2.24, 2.45) is 0 Å². The van der Waals surface area contributed by atoms with Crippen molar-refractivity contribution in [3.8, 4) is 0 Å². The molecule has 0 saturated heterocycles. The Bertz CT molecular complexity index is 363. The highest BCUT2D eigenvalue weighted by Crippen LogP contribution is 2.22. The van der Waals surface area contributed by atoms with Crippen molar-refractivity contribution in [2.75, 3.05) is 20.1 Å². The molecule has 1 N–H and O–H groups in total. The standard InChI is InChI=1S/C14H21ClN2/c1-11(12-4-3-5-13(15)10-12)17(2)9-8-16-14-6-7-14/h3-5,10-11,14,16H,6-9H2,1-2H3. The van der Waals surface area contributed by atoms with Crippen LogP contribution in [0.4, 0.5) is 0 Å². The molecule has 0 aliphatic heterocycles. The minimum Gasteiger partial charge on any atom is -0.313 e.